The Kier molecular flexibility index (Phi) is 5.12. The van der Waals surface area contributed by atoms with Crippen molar-refractivity contribution in [3.63, 3.8) is 0 Å². The van der Waals surface area contributed by atoms with Gasteiger partial charge in [0, 0.05) is 34.7 Å². The van der Waals surface area contributed by atoms with Crippen LogP contribution in [-0.2, 0) is 0 Å². The third-order valence-electron chi connectivity index (χ3n) is 5.50. The van der Waals surface area contributed by atoms with Crippen molar-refractivity contribution >= 4 is 40.0 Å². The highest BCUT2D eigenvalue weighted by Gasteiger charge is 2.32. The molecule has 0 saturated heterocycles. The van der Waals surface area contributed by atoms with Crippen LogP contribution in [0.2, 0.25) is 0 Å². The Morgan fingerprint density at radius 2 is 0.735 bits per heavy atom. The fourth-order valence-corrected chi connectivity index (χ4v) is 3.90. The van der Waals surface area contributed by atoms with Crippen LogP contribution in [0.5, 0.6) is 17.2 Å². The molecule has 3 aromatic carbocycles. The summed E-state index contributed by atoms with van der Waals surface area (Å²) >= 11 is 0. The number of para-hydroxylation sites is 3. The van der Waals surface area contributed by atoms with Gasteiger partial charge in [-0.1, -0.05) is 36.4 Å². The molecule has 6 nitrogen and oxygen atoms in total. The van der Waals surface area contributed by atoms with Gasteiger partial charge in [0.2, 0.25) is 0 Å². The van der Waals surface area contributed by atoms with Crippen LogP contribution in [0.4, 0.5) is 0 Å². The fourth-order valence-electron chi connectivity index (χ4n) is 3.90. The van der Waals surface area contributed by atoms with Gasteiger partial charge in [-0.25, -0.2) is 0 Å². The maximum absolute atomic E-state index is 6.31. The summed E-state index contributed by atoms with van der Waals surface area (Å²) in [6.07, 6.45) is 5.12. The molecule has 0 bridgehead atoms. The van der Waals surface area contributed by atoms with E-state index in [1.54, 1.807) is 36.8 Å². The summed E-state index contributed by atoms with van der Waals surface area (Å²) in [5.74, 6) is 1.81. The zero-order chi connectivity index (χ0) is 22.7. The molecule has 6 aromatic rings. The molecule has 0 fully saturated rings. The van der Waals surface area contributed by atoms with E-state index in [0.717, 1.165) is 32.7 Å². The maximum atomic E-state index is 6.31. The van der Waals surface area contributed by atoms with E-state index in [2.05, 4.69) is 15.0 Å². The summed E-state index contributed by atoms with van der Waals surface area (Å²) < 4.78 is 18.9. The molecule has 0 spiro atoms. The minimum Gasteiger partial charge on any atom is -0.489 e. The lowest BCUT2D eigenvalue weighted by Gasteiger charge is -2.19. The summed E-state index contributed by atoms with van der Waals surface area (Å²) in [4.78, 5) is 13.3. The highest BCUT2D eigenvalue weighted by Crippen LogP contribution is 2.29. The second kappa shape index (κ2) is 8.71. The zero-order valence-electron chi connectivity index (χ0n) is 18.0. The van der Waals surface area contributed by atoms with Gasteiger partial charge in [0.1, 0.15) is 17.2 Å². The van der Waals surface area contributed by atoms with Crippen LogP contribution in [0.1, 0.15) is 0 Å². The Bertz CT molecular complexity index is 1420. The molecular weight excluding hydrogens is 425 g/mol. The summed E-state index contributed by atoms with van der Waals surface area (Å²) in [5.41, 5.74) is 2.47. The third kappa shape index (κ3) is 3.84. The smallest absolute Gasteiger partial charge is 0.489 e. The molecule has 34 heavy (non-hydrogen) atoms. The minimum absolute atomic E-state index is 0.604. The molecule has 0 N–H and O–H groups in total. The average Bonchev–Trinajstić information content (AvgIpc) is 2.89. The van der Waals surface area contributed by atoms with E-state index in [4.69, 9.17) is 14.0 Å². The van der Waals surface area contributed by atoms with Gasteiger partial charge in [-0.2, -0.15) is 0 Å². The third-order valence-corrected chi connectivity index (χ3v) is 5.50. The first kappa shape index (κ1) is 20.0. The SMILES string of the molecule is c1ccc2c(OB(Oc3ccnc4ccccc34)Oc3ccnc4ccccc34)ccnc2c1. The zero-order valence-corrected chi connectivity index (χ0v) is 18.0. The summed E-state index contributed by atoms with van der Waals surface area (Å²) in [6.45, 7) is 0. The molecule has 3 aromatic heterocycles. The van der Waals surface area contributed by atoms with Crippen molar-refractivity contribution in [2.24, 2.45) is 0 Å². The molecule has 0 radical (unpaired) electrons. The van der Waals surface area contributed by atoms with Crippen molar-refractivity contribution in [3.8, 4) is 17.2 Å². The van der Waals surface area contributed by atoms with Gasteiger partial charge in [0.15, 0.2) is 0 Å². The molecule has 0 aliphatic carbocycles. The summed E-state index contributed by atoms with van der Waals surface area (Å²) in [6, 6.07) is 28.7. The van der Waals surface area contributed by atoms with Crippen molar-refractivity contribution < 1.29 is 14.0 Å². The molecule has 0 aliphatic rings. The molecule has 0 atom stereocenters. The van der Waals surface area contributed by atoms with E-state index >= 15 is 0 Å². The number of pyridine rings is 3. The fraction of sp³-hybridized carbons (Fsp3) is 0. The van der Waals surface area contributed by atoms with Gasteiger partial charge in [-0.15, -0.1) is 0 Å². The summed E-state index contributed by atoms with van der Waals surface area (Å²) in [7, 11) is -1.08. The van der Waals surface area contributed by atoms with E-state index in [0.29, 0.717) is 17.2 Å². The number of nitrogens with zero attached hydrogens (tertiary/aromatic N) is 3. The Balaban J connectivity index is 1.42. The summed E-state index contributed by atoms with van der Waals surface area (Å²) in [5, 5.41) is 2.59. The van der Waals surface area contributed by atoms with Crippen molar-refractivity contribution in [2.45, 2.75) is 0 Å². The molecule has 0 aliphatic heterocycles. The first-order chi connectivity index (χ1) is 16.8. The van der Waals surface area contributed by atoms with Crippen LogP contribution in [0.25, 0.3) is 32.7 Å². The standard InChI is InChI=1S/C27H18BN3O3/c1-4-10-22-19(7-1)25(13-16-29-22)32-28(33-26-14-17-30-23-11-5-2-8-20(23)26)34-27-15-18-31-24-12-6-3-9-21(24)27/h1-18H. The molecule has 3 heterocycles. The maximum Gasteiger partial charge on any atom is 0.864 e. The Morgan fingerprint density at radius 3 is 1.09 bits per heavy atom. The normalized spacial score (nSPS) is 10.9. The number of benzene rings is 3. The Labute approximate surface area is 196 Å². The van der Waals surface area contributed by atoms with E-state index in [1.165, 1.54) is 0 Å². The first-order valence-electron chi connectivity index (χ1n) is 10.9. The van der Waals surface area contributed by atoms with Crippen LogP contribution in [0.3, 0.4) is 0 Å². The van der Waals surface area contributed by atoms with E-state index in [-0.39, 0.29) is 0 Å². The second-order valence-electron chi connectivity index (χ2n) is 7.62. The van der Waals surface area contributed by atoms with Crippen LogP contribution >= 0.6 is 0 Å². The van der Waals surface area contributed by atoms with Gasteiger partial charge in [-0.3, -0.25) is 15.0 Å². The predicted molar refractivity (Wildman–Crippen MR) is 133 cm³/mol. The van der Waals surface area contributed by atoms with Crippen molar-refractivity contribution in [3.05, 3.63) is 110 Å². The van der Waals surface area contributed by atoms with Crippen molar-refractivity contribution in [2.75, 3.05) is 0 Å². The number of aromatic nitrogens is 3. The lowest BCUT2D eigenvalue weighted by molar-refractivity contribution is 0.311. The van der Waals surface area contributed by atoms with Crippen LogP contribution in [-0.4, -0.2) is 22.3 Å². The van der Waals surface area contributed by atoms with Crippen LogP contribution in [0.15, 0.2) is 110 Å². The molecule has 7 heteroatoms. The lowest BCUT2D eigenvalue weighted by Crippen LogP contribution is -2.37. The predicted octanol–water partition coefficient (Wildman–Crippen LogP) is 5.85. The van der Waals surface area contributed by atoms with E-state index < -0.39 is 7.32 Å². The first-order valence-corrected chi connectivity index (χ1v) is 10.9. The number of rotatable bonds is 6. The van der Waals surface area contributed by atoms with Gasteiger partial charge < -0.3 is 14.0 Å². The quantitative estimate of drug-likeness (QED) is 0.301. The lowest BCUT2D eigenvalue weighted by atomic mass is 10.1. The largest absolute Gasteiger partial charge is 0.864 e. The number of hydrogen-bond acceptors (Lipinski definition) is 6. The topological polar surface area (TPSA) is 66.4 Å². The molecule has 162 valence electrons. The van der Waals surface area contributed by atoms with Gasteiger partial charge in [0.25, 0.3) is 0 Å². The molecule has 0 unspecified atom stereocenters. The van der Waals surface area contributed by atoms with E-state index in [9.17, 15) is 0 Å². The molecule has 6 rings (SSSR count). The van der Waals surface area contributed by atoms with Gasteiger partial charge in [0.05, 0.1) is 16.6 Å². The monoisotopic (exact) mass is 443 g/mol. The highest BCUT2D eigenvalue weighted by molar-refractivity contribution is 6.40. The molecule has 0 saturated carbocycles. The number of hydrogen-bond donors (Lipinski definition) is 0. The Hall–Kier alpha value is -4.65. The molecule has 0 amide bonds. The van der Waals surface area contributed by atoms with Crippen LogP contribution in [0, 0.1) is 0 Å². The van der Waals surface area contributed by atoms with E-state index in [1.807, 2.05) is 72.8 Å². The molecular formula is C27H18BN3O3. The van der Waals surface area contributed by atoms with Crippen molar-refractivity contribution in [1.29, 1.82) is 0 Å². The van der Waals surface area contributed by atoms with Gasteiger partial charge in [-0.05, 0) is 54.6 Å². The van der Waals surface area contributed by atoms with Crippen LogP contribution < -0.4 is 14.0 Å². The number of fused-ring (bicyclic) bond motifs is 3. The Morgan fingerprint density at radius 1 is 0.412 bits per heavy atom. The van der Waals surface area contributed by atoms with Crippen molar-refractivity contribution in [1.82, 2.24) is 15.0 Å². The minimum atomic E-state index is -1.08. The second-order valence-corrected chi connectivity index (χ2v) is 7.62. The van der Waals surface area contributed by atoms with Gasteiger partial charge >= 0.3 is 7.32 Å². The average molecular weight is 443 g/mol. The highest BCUT2D eigenvalue weighted by atomic mass is 16.7.